The number of hydrogen-bond acceptors (Lipinski definition) is 8. The molecule has 0 radical (unpaired) electrons. The molecule has 10 heteroatoms. The first kappa shape index (κ1) is 22.3. The van der Waals surface area contributed by atoms with Gasteiger partial charge in [-0.25, -0.2) is 0 Å². The first-order valence-electron chi connectivity index (χ1n) is 10.5. The Hall–Kier alpha value is -3.92. The molecule has 1 aliphatic heterocycles. The standard InChI is InChI=1S/C23H25N5O5/c1-32-16-3-4-19(22(13-16)33-2)25-23(29)15-26-9-11-27(12-10-26)20-5-6-21(28(30)31)18-14-24-8-7-17(18)20/h3-8,13-14H,9-12,15H2,1-2H3,(H,25,29). The van der Waals surface area contributed by atoms with E-state index in [1.165, 1.54) is 12.3 Å². The molecule has 0 saturated carbocycles. The van der Waals surface area contributed by atoms with Gasteiger partial charge in [0.15, 0.2) is 0 Å². The van der Waals surface area contributed by atoms with E-state index in [9.17, 15) is 14.9 Å². The van der Waals surface area contributed by atoms with E-state index in [1.54, 1.807) is 50.7 Å². The highest BCUT2D eigenvalue weighted by atomic mass is 16.6. The second-order valence-electron chi connectivity index (χ2n) is 7.66. The predicted molar refractivity (Wildman–Crippen MR) is 125 cm³/mol. The number of aromatic nitrogens is 1. The van der Waals surface area contributed by atoms with Crippen molar-refractivity contribution in [3.63, 3.8) is 0 Å². The summed E-state index contributed by atoms with van der Waals surface area (Å²) >= 11 is 0. The molecule has 1 aromatic heterocycles. The number of carbonyl (C=O) groups excluding carboxylic acids is 1. The number of amides is 1. The van der Waals surface area contributed by atoms with Gasteiger partial charge in [0.1, 0.15) is 11.5 Å². The van der Waals surface area contributed by atoms with Crippen LogP contribution < -0.4 is 19.7 Å². The Morgan fingerprint density at radius 1 is 1.09 bits per heavy atom. The van der Waals surface area contributed by atoms with Crippen LogP contribution in [0.1, 0.15) is 0 Å². The number of non-ortho nitro benzene ring substituents is 1. The summed E-state index contributed by atoms with van der Waals surface area (Å²) in [6.45, 7) is 3.05. The topological polar surface area (TPSA) is 110 Å². The zero-order valence-electron chi connectivity index (χ0n) is 18.5. The molecular weight excluding hydrogens is 426 g/mol. The molecule has 2 aromatic carbocycles. The maximum absolute atomic E-state index is 12.6. The Morgan fingerprint density at radius 2 is 1.88 bits per heavy atom. The van der Waals surface area contributed by atoms with Crippen LogP contribution in [-0.2, 0) is 4.79 Å². The second-order valence-corrected chi connectivity index (χ2v) is 7.66. The minimum Gasteiger partial charge on any atom is -0.497 e. The lowest BCUT2D eigenvalue weighted by Crippen LogP contribution is -2.48. The van der Waals surface area contributed by atoms with Crippen molar-refractivity contribution in [1.82, 2.24) is 9.88 Å². The predicted octanol–water partition coefficient (Wildman–Crippen LogP) is 2.92. The number of rotatable bonds is 7. The first-order chi connectivity index (χ1) is 16.0. The summed E-state index contributed by atoms with van der Waals surface area (Å²) < 4.78 is 10.5. The third kappa shape index (κ3) is 4.80. The van der Waals surface area contributed by atoms with Crippen molar-refractivity contribution in [3.05, 3.63) is 58.9 Å². The molecule has 1 N–H and O–H groups in total. The van der Waals surface area contributed by atoms with Crippen LogP contribution in [0.4, 0.5) is 17.1 Å². The van der Waals surface area contributed by atoms with Crippen LogP contribution in [-0.4, -0.2) is 67.7 Å². The Morgan fingerprint density at radius 3 is 2.58 bits per heavy atom. The molecule has 0 spiro atoms. The first-order valence-corrected chi connectivity index (χ1v) is 10.5. The van der Waals surface area contributed by atoms with E-state index < -0.39 is 0 Å². The third-order valence-electron chi connectivity index (χ3n) is 5.73. The highest BCUT2D eigenvalue weighted by Gasteiger charge is 2.23. The summed E-state index contributed by atoms with van der Waals surface area (Å²) in [4.78, 5) is 31.9. The third-order valence-corrected chi connectivity index (χ3v) is 5.73. The number of nitro groups is 1. The van der Waals surface area contributed by atoms with Gasteiger partial charge < -0.3 is 19.7 Å². The van der Waals surface area contributed by atoms with Crippen molar-refractivity contribution >= 4 is 33.7 Å². The van der Waals surface area contributed by atoms with Gasteiger partial charge in [-0.2, -0.15) is 0 Å². The number of fused-ring (bicyclic) bond motifs is 1. The van der Waals surface area contributed by atoms with E-state index >= 15 is 0 Å². The molecule has 0 bridgehead atoms. The molecule has 2 heterocycles. The fraction of sp³-hybridized carbons (Fsp3) is 0.304. The summed E-state index contributed by atoms with van der Waals surface area (Å²) in [6.07, 6.45) is 3.18. The number of hydrogen-bond donors (Lipinski definition) is 1. The van der Waals surface area contributed by atoms with Gasteiger partial charge in [0.25, 0.3) is 5.69 Å². The van der Waals surface area contributed by atoms with Crippen LogP contribution in [0.25, 0.3) is 10.8 Å². The van der Waals surface area contributed by atoms with E-state index in [0.29, 0.717) is 48.8 Å². The van der Waals surface area contributed by atoms with Gasteiger partial charge in [-0.3, -0.25) is 24.8 Å². The number of pyridine rings is 1. The molecule has 4 rings (SSSR count). The summed E-state index contributed by atoms with van der Waals surface area (Å²) in [5.41, 5.74) is 1.57. The van der Waals surface area contributed by atoms with Crippen LogP contribution in [0.3, 0.4) is 0 Å². The van der Waals surface area contributed by atoms with Crippen molar-refractivity contribution < 1.29 is 19.2 Å². The maximum Gasteiger partial charge on any atom is 0.278 e. The Balaban J connectivity index is 1.39. The monoisotopic (exact) mass is 451 g/mol. The number of benzene rings is 2. The van der Waals surface area contributed by atoms with Crippen molar-refractivity contribution in [3.8, 4) is 11.5 Å². The molecule has 1 aliphatic rings. The molecule has 33 heavy (non-hydrogen) atoms. The molecule has 0 unspecified atom stereocenters. The number of methoxy groups -OCH3 is 2. The lowest BCUT2D eigenvalue weighted by molar-refractivity contribution is -0.383. The molecule has 0 aliphatic carbocycles. The molecule has 172 valence electrons. The van der Waals surface area contributed by atoms with Crippen LogP contribution in [0.5, 0.6) is 11.5 Å². The number of piperazine rings is 1. The highest BCUT2D eigenvalue weighted by molar-refractivity contribution is 5.99. The quantitative estimate of drug-likeness (QED) is 0.431. The summed E-state index contributed by atoms with van der Waals surface area (Å²) in [5.74, 6) is 1.06. The normalized spacial score (nSPS) is 14.2. The molecule has 3 aromatic rings. The van der Waals surface area contributed by atoms with E-state index in [4.69, 9.17) is 9.47 Å². The van der Waals surface area contributed by atoms with Crippen molar-refractivity contribution in [2.45, 2.75) is 0 Å². The van der Waals surface area contributed by atoms with Gasteiger partial charge in [-0.05, 0) is 24.3 Å². The second kappa shape index (κ2) is 9.70. The van der Waals surface area contributed by atoms with Crippen LogP contribution in [0.15, 0.2) is 48.8 Å². The number of anilines is 2. The van der Waals surface area contributed by atoms with Gasteiger partial charge in [-0.1, -0.05) is 0 Å². The fourth-order valence-electron chi connectivity index (χ4n) is 4.04. The maximum atomic E-state index is 12.6. The average molecular weight is 451 g/mol. The van der Waals surface area contributed by atoms with E-state index in [1.807, 2.05) is 0 Å². The summed E-state index contributed by atoms with van der Waals surface area (Å²) in [6, 6.07) is 10.4. The van der Waals surface area contributed by atoms with E-state index in [0.717, 1.165) is 11.1 Å². The lowest BCUT2D eigenvalue weighted by Gasteiger charge is -2.36. The molecular formula is C23H25N5O5. The number of nitrogens with zero attached hydrogens (tertiary/aromatic N) is 4. The Bertz CT molecular complexity index is 1180. The largest absolute Gasteiger partial charge is 0.497 e. The Labute approximate surface area is 190 Å². The smallest absolute Gasteiger partial charge is 0.278 e. The zero-order valence-corrected chi connectivity index (χ0v) is 18.5. The number of nitrogens with one attached hydrogen (secondary N) is 1. The average Bonchev–Trinajstić information content (AvgIpc) is 2.84. The van der Waals surface area contributed by atoms with Crippen LogP contribution in [0, 0.1) is 10.1 Å². The van der Waals surface area contributed by atoms with Crippen molar-refractivity contribution in [2.75, 3.05) is 57.2 Å². The van der Waals surface area contributed by atoms with E-state index in [2.05, 4.69) is 20.1 Å². The fourth-order valence-corrected chi connectivity index (χ4v) is 4.04. The van der Waals surface area contributed by atoms with Crippen molar-refractivity contribution in [1.29, 1.82) is 0 Å². The molecule has 10 nitrogen and oxygen atoms in total. The van der Waals surface area contributed by atoms with Gasteiger partial charge in [0.05, 0.1) is 36.8 Å². The molecule has 1 amide bonds. The SMILES string of the molecule is COc1ccc(NC(=O)CN2CCN(c3ccc([N+](=O)[O-])c4cnccc34)CC2)c(OC)c1. The zero-order chi connectivity index (χ0) is 23.4. The van der Waals surface area contributed by atoms with E-state index in [-0.39, 0.29) is 23.1 Å². The summed E-state index contributed by atoms with van der Waals surface area (Å²) in [7, 11) is 3.12. The minimum absolute atomic E-state index is 0.0473. The molecule has 0 atom stereocenters. The number of ether oxygens (including phenoxy) is 2. The molecule has 1 saturated heterocycles. The summed E-state index contributed by atoms with van der Waals surface area (Å²) in [5, 5.41) is 15.6. The molecule has 1 fully saturated rings. The van der Waals surface area contributed by atoms with Crippen molar-refractivity contribution in [2.24, 2.45) is 0 Å². The van der Waals surface area contributed by atoms with Crippen LogP contribution >= 0.6 is 0 Å². The number of carbonyl (C=O) groups is 1. The highest BCUT2D eigenvalue weighted by Crippen LogP contribution is 2.33. The van der Waals surface area contributed by atoms with Gasteiger partial charge in [0.2, 0.25) is 5.91 Å². The van der Waals surface area contributed by atoms with Gasteiger partial charge in [0, 0.05) is 61.8 Å². The lowest BCUT2D eigenvalue weighted by atomic mass is 10.1. The van der Waals surface area contributed by atoms with Gasteiger partial charge in [-0.15, -0.1) is 0 Å². The minimum atomic E-state index is -0.387. The Kier molecular flexibility index (Phi) is 6.55. The number of nitro benzene ring substituents is 1. The van der Waals surface area contributed by atoms with Gasteiger partial charge >= 0.3 is 0 Å². The van der Waals surface area contributed by atoms with Crippen LogP contribution in [0.2, 0.25) is 0 Å².